The monoisotopic (exact) mass is 325 g/mol. The highest BCUT2D eigenvalue weighted by atomic mass is 19.1. The van der Waals surface area contributed by atoms with Crippen LogP contribution in [0.3, 0.4) is 0 Å². The number of nitrogens with one attached hydrogen (secondary N) is 1. The lowest BCUT2D eigenvalue weighted by molar-refractivity contribution is 0.100. The Bertz CT molecular complexity index is 921. The first kappa shape index (κ1) is 15.5. The SMILES string of the molecule is COc1cc(-c2cc(-c3ccccc3C(=O)N=O)n[nH]2)ccc1F. The second-order valence-electron chi connectivity index (χ2n) is 4.96. The predicted octanol–water partition coefficient (Wildman–Crippen LogP) is 3.80. The summed E-state index contributed by atoms with van der Waals surface area (Å²) in [5, 5.41) is 9.45. The number of methoxy groups -OCH3 is 1. The third-order valence-corrected chi connectivity index (χ3v) is 3.56. The first-order chi connectivity index (χ1) is 11.6. The van der Waals surface area contributed by atoms with Gasteiger partial charge in [0, 0.05) is 16.3 Å². The van der Waals surface area contributed by atoms with E-state index in [2.05, 4.69) is 15.4 Å². The number of rotatable bonds is 4. The van der Waals surface area contributed by atoms with E-state index in [1.165, 1.54) is 25.3 Å². The number of nitrogens with zero attached hydrogens (tertiary/aromatic N) is 2. The summed E-state index contributed by atoms with van der Waals surface area (Å²) in [5.74, 6) is -1.21. The molecular formula is C17H12FN3O3. The lowest BCUT2D eigenvalue weighted by atomic mass is 10.0. The Labute approximate surface area is 136 Å². The number of nitroso groups, excluding NO2 is 1. The molecule has 0 bridgehead atoms. The zero-order valence-electron chi connectivity index (χ0n) is 12.6. The molecule has 0 radical (unpaired) electrons. The molecule has 0 saturated carbocycles. The molecule has 0 aliphatic rings. The minimum atomic E-state index is -0.862. The van der Waals surface area contributed by atoms with Crippen LogP contribution >= 0.6 is 0 Å². The number of aromatic amines is 1. The Balaban J connectivity index is 2.03. The van der Waals surface area contributed by atoms with E-state index >= 15 is 0 Å². The fraction of sp³-hybridized carbons (Fsp3) is 0.0588. The van der Waals surface area contributed by atoms with E-state index in [9.17, 15) is 14.1 Å². The first-order valence-corrected chi connectivity index (χ1v) is 7.00. The molecule has 0 spiro atoms. The largest absolute Gasteiger partial charge is 0.494 e. The van der Waals surface area contributed by atoms with Crippen LogP contribution < -0.4 is 4.74 Å². The van der Waals surface area contributed by atoms with E-state index in [4.69, 9.17) is 4.74 Å². The molecule has 1 amide bonds. The van der Waals surface area contributed by atoms with Gasteiger partial charge in [-0.2, -0.15) is 5.10 Å². The number of hydrogen-bond donors (Lipinski definition) is 1. The molecule has 1 N–H and O–H groups in total. The maximum absolute atomic E-state index is 13.5. The van der Waals surface area contributed by atoms with E-state index in [0.717, 1.165) is 0 Å². The summed E-state index contributed by atoms with van der Waals surface area (Å²) in [4.78, 5) is 22.2. The number of hydrogen-bond acceptors (Lipinski definition) is 4. The van der Waals surface area contributed by atoms with Crippen LogP contribution in [0.25, 0.3) is 22.5 Å². The molecule has 3 aromatic rings. The van der Waals surface area contributed by atoms with Gasteiger partial charge in [0.1, 0.15) is 0 Å². The molecular weight excluding hydrogens is 313 g/mol. The van der Waals surface area contributed by atoms with Gasteiger partial charge in [-0.25, -0.2) is 4.39 Å². The van der Waals surface area contributed by atoms with E-state index in [1.807, 2.05) is 0 Å². The van der Waals surface area contributed by atoms with Crippen molar-refractivity contribution in [3.63, 3.8) is 0 Å². The molecule has 0 aliphatic heterocycles. The van der Waals surface area contributed by atoms with Crippen LogP contribution in [0.1, 0.15) is 10.4 Å². The summed E-state index contributed by atoms with van der Waals surface area (Å²) in [7, 11) is 1.38. The molecule has 0 saturated heterocycles. The highest BCUT2D eigenvalue weighted by molar-refractivity contribution is 6.01. The lowest BCUT2D eigenvalue weighted by Crippen LogP contribution is -1.97. The summed E-state index contributed by atoms with van der Waals surface area (Å²) >= 11 is 0. The molecule has 0 aliphatic carbocycles. The average Bonchev–Trinajstić information content (AvgIpc) is 3.11. The zero-order valence-corrected chi connectivity index (χ0v) is 12.6. The topological polar surface area (TPSA) is 84.4 Å². The zero-order chi connectivity index (χ0) is 17.1. The molecule has 1 aromatic heterocycles. The van der Waals surface area contributed by atoms with Crippen LogP contribution in [0.5, 0.6) is 5.75 Å². The fourth-order valence-electron chi connectivity index (χ4n) is 2.38. The average molecular weight is 325 g/mol. The molecule has 0 unspecified atom stereocenters. The van der Waals surface area contributed by atoms with E-state index in [-0.39, 0.29) is 11.3 Å². The van der Waals surface area contributed by atoms with Crippen molar-refractivity contribution in [2.45, 2.75) is 0 Å². The second kappa shape index (κ2) is 6.41. The Morgan fingerprint density at radius 2 is 2.00 bits per heavy atom. The molecule has 3 rings (SSSR count). The third kappa shape index (κ3) is 2.79. The normalized spacial score (nSPS) is 10.4. The highest BCUT2D eigenvalue weighted by Gasteiger charge is 2.16. The van der Waals surface area contributed by atoms with Gasteiger partial charge in [-0.3, -0.25) is 9.89 Å². The maximum atomic E-state index is 13.5. The molecule has 120 valence electrons. The van der Waals surface area contributed by atoms with Crippen LogP contribution in [0.2, 0.25) is 0 Å². The number of carbonyl (C=O) groups excluding carboxylic acids is 1. The van der Waals surface area contributed by atoms with Gasteiger partial charge in [0.2, 0.25) is 0 Å². The molecule has 1 heterocycles. The Morgan fingerprint density at radius 3 is 2.75 bits per heavy atom. The van der Waals surface area contributed by atoms with E-state index < -0.39 is 11.7 Å². The Kier molecular flexibility index (Phi) is 4.15. The summed E-state index contributed by atoms with van der Waals surface area (Å²) in [6, 6.07) is 12.7. The Hall–Kier alpha value is -3.35. The van der Waals surface area contributed by atoms with Gasteiger partial charge >= 0.3 is 5.91 Å². The second-order valence-corrected chi connectivity index (χ2v) is 4.96. The number of halogens is 1. The number of aromatic nitrogens is 2. The van der Waals surface area contributed by atoms with Gasteiger partial charge in [0.15, 0.2) is 11.6 Å². The van der Waals surface area contributed by atoms with Gasteiger partial charge in [-0.1, -0.05) is 18.2 Å². The number of benzene rings is 2. The molecule has 0 atom stereocenters. The molecule has 6 nitrogen and oxygen atoms in total. The van der Waals surface area contributed by atoms with Crippen LogP contribution in [0.15, 0.2) is 53.7 Å². The highest BCUT2D eigenvalue weighted by Crippen LogP contribution is 2.29. The third-order valence-electron chi connectivity index (χ3n) is 3.56. The van der Waals surface area contributed by atoms with Crippen LogP contribution in [0, 0.1) is 10.7 Å². The number of amides is 1. The Morgan fingerprint density at radius 1 is 1.21 bits per heavy atom. The van der Waals surface area contributed by atoms with Crippen molar-refractivity contribution in [2.24, 2.45) is 5.18 Å². The number of H-pyrrole nitrogens is 1. The van der Waals surface area contributed by atoms with Crippen LogP contribution in [-0.4, -0.2) is 23.2 Å². The lowest BCUT2D eigenvalue weighted by Gasteiger charge is -2.03. The van der Waals surface area contributed by atoms with E-state index in [1.54, 1.807) is 30.3 Å². The number of ether oxygens (including phenoxy) is 1. The van der Waals surface area contributed by atoms with Crippen molar-refractivity contribution >= 4 is 5.91 Å². The first-order valence-electron chi connectivity index (χ1n) is 7.00. The predicted molar refractivity (Wildman–Crippen MR) is 86.1 cm³/mol. The molecule has 7 heteroatoms. The van der Waals surface area contributed by atoms with Crippen molar-refractivity contribution in [2.75, 3.05) is 7.11 Å². The summed E-state index contributed by atoms with van der Waals surface area (Å²) in [5.41, 5.74) is 2.41. The van der Waals surface area contributed by atoms with Crippen molar-refractivity contribution in [3.05, 3.63) is 64.8 Å². The number of carbonyl (C=O) groups is 1. The van der Waals surface area contributed by atoms with Crippen LogP contribution in [0.4, 0.5) is 4.39 Å². The maximum Gasteiger partial charge on any atom is 0.317 e. The molecule has 24 heavy (non-hydrogen) atoms. The quantitative estimate of drug-likeness (QED) is 0.739. The minimum absolute atomic E-state index is 0.115. The van der Waals surface area contributed by atoms with Crippen molar-refractivity contribution < 1.29 is 13.9 Å². The fourth-order valence-corrected chi connectivity index (χ4v) is 2.38. The summed E-state index contributed by atoms with van der Waals surface area (Å²) in [6.45, 7) is 0. The van der Waals surface area contributed by atoms with Crippen molar-refractivity contribution in [1.82, 2.24) is 10.2 Å². The van der Waals surface area contributed by atoms with Gasteiger partial charge in [-0.15, -0.1) is 4.91 Å². The van der Waals surface area contributed by atoms with Gasteiger partial charge in [0.05, 0.1) is 24.1 Å². The summed E-state index contributed by atoms with van der Waals surface area (Å²) < 4.78 is 18.5. The van der Waals surface area contributed by atoms with E-state index in [0.29, 0.717) is 22.5 Å². The van der Waals surface area contributed by atoms with Gasteiger partial charge < -0.3 is 4.74 Å². The minimum Gasteiger partial charge on any atom is -0.494 e. The standard InChI is InChI=1S/C17H12FN3O3/c1-24-16-8-10(6-7-13(16)18)14-9-15(20-19-14)11-4-2-3-5-12(11)17(22)21-23/h2-9H,1H3,(H,19,20). The van der Waals surface area contributed by atoms with Crippen molar-refractivity contribution in [3.8, 4) is 28.3 Å². The smallest absolute Gasteiger partial charge is 0.317 e. The van der Waals surface area contributed by atoms with Crippen molar-refractivity contribution in [1.29, 1.82) is 0 Å². The van der Waals surface area contributed by atoms with Gasteiger partial charge in [0.25, 0.3) is 0 Å². The molecule has 0 fully saturated rings. The van der Waals surface area contributed by atoms with Gasteiger partial charge in [-0.05, 0) is 30.3 Å². The van der Waals surface area contributed by atoms with Crippen LogP contribution in [-0.2, 0) is 0 Å². The molecule has 2 aromatic carbocycles. The summed E-state index contributed by atoms with van der Waals surface area (Å²) in [6.07, 6.45) is 0.